The average molecular weight is 328 g/mol. The molecule has 0 rings (SSSR count). The quantitative estimate of drug-likeness (QED) is 0.290. The third-order valence-electron chi connectivity index (χ3n) is 3.65. The van der Waals surface area contributed by atoms with Gasteiger partial charge in [-0.1, -0.05) is 50.5 Å². The van der Waals surface area contributed by atoms with E-state index in [4.69, 9.17) is 5.11 Å². The summed E-state index contributed by atoms with van der Waals surface area (Å²) in [6.45, 7) is 1.84. The Balaban J connectivity index is 3.61. The predicted octanol–water partition coefficient (Wildman–Crippen LogP) is 2.80. The fourth-order valence-electron chi connectivity index (χ4n) is 2.07. The SMILES string of the molecule is CCC(O)C=CC(O)C(O)CC=CCCCCCCCC(=O)O. The zero-order valence-corrected chi connectivity index (χ0v) is 14.1. The molecule has 5 nitrogen and oxygen atoms in total. The molecule has 0 fully saturated rings. The molecule has 0 saturated carbocycles. The minimum Gasteiger partial charge on any atom is -0.481 e. The standard InChI is InChI=1S/C18H32O5/c1-2-15(19)13-14-17(21)16(20)11-9-7-5-3-4-6-8-10-12-18(22)23/h7,9,13-17,19-21H,2-6,8,10-12H2,1H3,(H,22,23). The summed E-state index contributed by atoms with van der Waals surface area (Å²) in [6.07, 6.45) is 11.4. The predicted molar refractivity (Wildman–Crippen MR) is 91.2 cm³/mol. The van der Waals surface area contributed by atoms with Crippen LogP contribution < -0.4 is 0 Å². The van der Waals surface area contributed by atoms with Crippen LogP contribution in [-0.4, -0.2) is 44.7 Å². The van der Waals surface area contributed by atoms with E-state index in [1.807, 2.05) is 19.1 Å². The maximum Gasteiger partial charge on any atom is 0.303 e. The van der Waals surface area contributed by atoms with Gasteiger partial charge in [-0.05, 0) is 32.1 Å². The molecule has 4 N–H and O–H groups in total. The fraction of sp³-hybridized carbons (Fsp3) is 0.722. The summed E-state index contributed by atoms with van der Waals surface area (Å²) in [5.74, 6) is -0.729. The largest absolute Gasteiger partial charge is 0.481 e. The summed E-state index contributed by atoms with van der Waals surface area (Å²) in [6, 6.07) is 0. The fourth-order valence-corrected chi connectivity index (χ4v) is 2.07. The summed E-state index contributed by atoms with van der Waals surface area (Å²) in [7, 11) is 0. The first-order chi connectivity index (χ1) is 11.0. The average Bonchev–Trinajstić information content (AvgIpc) is 2.53. The molecule has 23 heavy (non-hydrogen) atoms. The van der Waals surface area contributed by atoms with Crippen LogP contribution in [0.2, 0.25) is 0 Å². The third kappa shape index (κ3) is 14.2. The van der Waals surface area contributed by atoms with Crippen LogP contribution in [0.4, 0.5) is 0 Å². The smallest absolute Gasteiger partial charge is 0.303 e. The number of carboxylic acid groups (broad SMARTS) is 1. The summed E-state index contributed by atoms with van der Waals surface area (Å²) in [5, 5.41) is 37.3. The van der Waals surface area contributed by atoms with Crippen LogP contribution in [0.5, 0.6) is 0 Å². The maximum absolute atomic E-state index is 10.3. The number of aliphatic hydroxyl groups excluding tert-OH is 3. The molecule has 5 heteroatoms. The third-order valence-corrected chi connectivity index (χ3v) is 3.65. The Labute approximate surface area is 139 Å². The van der Waals surface area contributed by atoms with Crippen molar-refractivity contribution in [2.75, 3.05) is 0 Å². The van der Waals surface area contributed by atoms with Crippen LogP contribution in [0.25, 0.3) is 0 Å². The maximum atomic E-state index is 10.3. The van der Waals surface area contributed by atoms with Crippen LogP contribution in [0.3, 0.4) is 0 Å². The molecule has 0 aromatic carbocycles. The molecule has 134 valence electrons. The van der Waals surface area contributed by atoms with Gasteiger partial charge in [-0.15, -0.1) is 0 Å². The molecule has 0 aliphatic rings. The minimum absolute atomic E-state index is 0.254. The molecule has 0 radical (unpaired) electrons. The summed E-state index contributed by atoms with van der Waals surface area (Å²) in [5.41, 5.74) is 0. The van der Waals surface area contributed by atoms with Crippen LogP contribution in [-0.2, 0) is 4.79 Å². The van der Waals surface area contributed by atoms with E-state index in [2.05, 4.69) is 0 Å². The van der Waals surface area contributed by atoms with Crippen LogP contribution in [0, 0.1) is 0 Å². The Morgan fingerprint density at radius 1 is 0.957 bits per heavy atom. The minimum atomic E-state index is -0.963. The number of aliphatic hydroxyl groups is 3. The second-order valence-electron chi connectivity index (χ2n) is 5.83. The lowest BCUT2D eigenvalue weighted by molar-refractivity contribution is -0.137. The Hall–Kier alpha value is -1.17. The molecule has 0 aliphatic carbocycles. The van der Waals surface area contributed by atoms with Crippen molar-refractivity contribution >= 4 is 5.97 Å². The topological polar surface area (TPSA) is 98.0 Å². The van der Waals surface area contributed by atoms with E-state index in [-0.39, 0.29) is 6.42 Å². The van der Waals surface area contributed by atoms with Crippen LogP contribution in [0.1, 0.15) is 64.7 Å². The van der Waals surface area contributed by atoms with E-state index >= 15 is 0 Å². The Morgan fingerprint density at radius 2 is 1.61 bits per heavy atom. The highest BCUT2D eigenvalue weighted by molar-refractivity contribution is 5.66. The first-order valence-corrected chi connectivity index (χ1v) is 8.56. The second kappa shape index (κ2) is 14.4. The zero-order chi connectivity index (χ0) is 17.5. The van der Waals surface area contributed by atoms with E-state index < -0.39 is 24.3 Å². The van der Waals surface area contributed by atoms with Gasteiger partial charge >= 0.3 is 5.97 Å². The lowest BCUT2D eigenvalue weighted by atomic mass is 10.1. The van der Waals surface area contributed by atoms with E-state index in [0.29, 0.717) is 12.8 Å². The van der Waals surface area contributed by atoms with Gasteiger partial charge in [0, 0.05) is 6.42 Å². The molecule has 3 atom stereocenters. The molecule has 0 spiro atoms. The van der Waals surface area contributed by atoms with Gasteiger partial charge in [0.15, 0.2) is 0 Å². The number of unbranched alkanes of at least 4 members (excludes halogenated alkanes) is 5. The highest BCUT2D eigenvalue weighted by Crippen LogP contribution is 2.09. The summed E-state index contributed by atoms with van der Waals surface area (Å²) >= 11 is 0. The number of carboxylic acids is 1. The van der Waals surface area contributed by atoms with Gasteiger partial charge in [0.2, 0.25) is 0 Å². The van der Waals surface area contributed by atoms with Gasteiger partial charge in [0.1, 0.15) is 0 Å². The van der Waals surface area contributed by atoms with Crippen molar-refractivity contribution in [2.24, 2.45) is 0 Å². The molecule has 0 amide bonds. The van der Waals surface area contributed by atoms with Gasteiger partial charge < -0.3 is 20.4 Å². The zero-order valence-electron chi connectivity index (χ0n) is 14.1. The number of rotatable bonds is 14. The van der Waals surface area contributed by atoms with Crippen molar-refractivity contribution in [3.63, 3.8) is 0 Å². The number of allylic oxidation sites excluding steroid dienone is 1. The summed E-state index contributed by atoms with van der Waals surface area (Å²) in [4.78, 5) is 10.3. The Morgan fingerprint density at radius 3 is 2.26 bits per heavy atom. The molecule has 0 bridgehead atoms. The molecule has 3 unspecified atom stereocenters. The second-order valence-corrected chi connectivity index (χ2v) is 5.83. The van der Waals surface area contributed by atoms with Gasteiger partial charge in [0.25, 0.3) is 0 Å². The lowest BCUT2D eigenvalue weighted by Gasteiger charge is -2.12. The first-order valence-electron chi connectivity index (χ1n) is 8.56. The molecule has 0 aromatic rings. The molecular formula is C18H32O5. The highest BCUT2D eigenvalue weighted by atomic mass is 16.4. The highest BCUT2D eigenvalue weighted by Gasteiger charge is 2.11. The number of aliphatic carboxylic acids is 1. The van der Waals surface area contributed by atoms with E-state index in [9.17, 15) is 20.1 Å². The molecule has 0 aliphatic heterocycles. The van der Waals surface area contributed by atoms with Gasteiger partial charge in [-0.2, -0.15) is 0 Å². The van der Waals surface area contributed by atoms with Gasteiger partial charge in [-0.3, -0.25) is 4.79 Å². The Kier molecular flexibility index (Phi) is 13.7. The molecule has 0 saturated heterocycles. The van der Waals surface area contributed by atoms with Crippen LogP contribution in [0.15, 0.2) is 24.3 Å². The van der Waals surface area contributed by atoms with Crippen molar-refractivity contribution in [3.8, 4) is 0 Å². The van der Waals surface area contributed by atoms with E-state index in [1.54, 1.807) is 0 Å². The molecule has 0 aromatic heterocycles. The number of hydrogen-bond donors (Lipinski definition) is 4. The van der Waals surface area contributed by atoms with E-state index in [0.717, 1.165) is 38.5 Å². The number of carbonyl (C=O) groups is 1. The summed E-state index contributed by atoms with van der Waals surface area (Å²) < 4.78 is 0. The normalized spacial score (nSPS) is 16.0. The van der Waals surface area contributed by atoms with Crippen molar-refractivity contribution in [3.05, 3.63) is 24.3 Å². The van der Waals surface area contributed by atoms with Gasteiger partial charge in [0.05, 0.1) is 18.3 Å². The van der Waals surface area contributed by atoms with Crippen LogP contribution >= 0.6 is 0 Å². The van der Waals surface area contributed by atoms with Crippen molar-refractivity contribution < 1.29 is 25.2 Å². The van der Waals surface area contributed by atoms with Crippen molar-refractivity contribution in [1.29, 1.82) is 0 Å². The lowest BCUT2D eigenvalue weighted by Crippen LogP contribution is -2.23. The molecule has 0 heterocycles. The molecular weight excluding hydrogens is 296 g/mol. The monoisotopic (exact) mass is 328 g/mol. The van der Waals surface area contributed by atoms with Crippen molar-refractivity contribution in [2.45, 2.75) is 83.0 Å². The van der Waals surface area contributed by atoms with E-state index in [1.165, 1.54) is 12.2 Å². The van der Waals surface area contributed by atoms with Crippen molar-refractivity contribution in [1.82, 2.24) is 0 Å². The van der Waals surface area contributed by atoms with Gasteiger partial charge in [-0.25, -0.2) is 0 Å². The first kappa shape index (κ1) is 21.8. The number of hydrogen-bond acceptors (Lipinski definition) is 4. The Bertz CT molecular complexity index is 351.